The zero-order chi connectivity index (χ0) is 81.0. The molecule has 0 atom stereocenters. The molecule has 0 radical (unpaired) electrons. The minimum atomic E-state index is -0.430. The van der Waals surface area contributed by atoms with Crippen molar-refractivity contribution in [2.75, 3.05) is 24.8 Å². The van der Waals surface area contributed by atoms with Crippen molar-refractivity contribution in [3.63, 3.8) is 0 Å². The van der Waals surface area contributed by atoms with E-state index in [1.54, 1.807) is 35.6 Å². The molecule has 4 amide bonds. The van der Waals surface area contributed by atoms with Gasteiger partial charge in [-0.3, -0.25) is 43.4 Å². The molecule has 0 bridgehead atoms. The molecule has 1 saturated heterocycles. The number of alkyl halides is 1. The van der Waals surface area contributed by atoms with Crippen molar-refractivity contribution in [2.45, 2.75) is 46.7 Å². The molecule has 15 aromatic rings. The number of carbonyl (C=O) groups is 7. The number of ether oxygens (including phenoxy) is 2. The number of nitrogens with one attached hydrogen (secondary N) is 1. The summed E-state index contributed by atoms with van der Waals surface area (Å²) in [5.41, 5.74) is 21.5. The Hall–Kier alpha value is -10.4. The number of para-hydroxylation sites is 11. The van der Waals surface area contributed by atoms with E-state index >= 15 is 0 Å². The van der Waals surface area contributed by atoms with Gasteiger partial charge < -0.3 is 54.2 Å². The number of fused-ring (bicyclic) bond motifs is 8. The van der Waals surface area contributed by atoms with Gasteiger partial charge in [-0.05, 0) is 93.4 Å². The molecule has 30 heteroatoms. The third-order valence-corrected chi connectivity index (χ3v) is 19.2. The standard InChI is InChI=1S/C21H16N4O2.C20H12N4O2.C12H11NO2.2C9H10N2.C8H8N2.C4H8O.C2H4INO.CH2O3.2K.H/c1-24-11-14(13-7-3-5-9-16(13)24)18-19(21(27-2)23-20(18)26)25-12-22-15-8-4-6-10-17(15)25;1-23-10-13(12-6-2-4-8-15(12)23)17-18(20(26)22-19(17)25)24-11-21-14-7-3-5-9-16(14)24;1-8(14)12(15)10-7-13(2)11-6-4-3-5-9(10)11;2*1-2-11-7-10-8-5-3-4-6-9(8)11;1-10-6-9-7-4-2-3-5-8(7)10;1-2-4-5-3-1;3-1-2(4)5;2-1-4-3;;;/h3-12H,1-2H3;2-4,6-11H,1H3;3-7H,1-2H3;2*3-7H,2H2,1H3;2-6H,1H3;1-4H2;1H2,(H2,4,5);1,3H;;;/q;;;;;;;;;2*+1;-1. The van der Waals surface area contributed by atoms with E-state index in [9.17, 15) is 28.8 Å². The summed E-state index contributed by atoms with van der Waals surface area (Å²) in [5.74, 6) is -1.95. The summed E-state index contributed by atoms with van der Waals surface area (Å²) in [6.45, 7) is 9.33. The summed E-state index contributed by atoms with van der Waals surface area (Å²) >= 11 is 1.90. The van der Waals surface area contributed by atoms with Crippen LogP contribution in [0.25, 0.3) is 112 Å². The second-order valence-corrected chi connectivity index (χ2v) is 26.4. The number of carbonyl (C=O) groups excluding carboxylic acids is 7. The van der Waals surface area contributed by atoms with Crippen LogP contribution in [0.4, 0.5) is 0 Å². The van der Waals surface area contributed by atoms with Crippen LogP contribution in [-0.2, 0) is 84.4 Å². The quantitative estimate of drug-likeness (QED) is 0.0139. The number of imidazole rings is 5. The van der Waals surface area contributed by atoms with Gasteiger partial charge in [0.05, 0.1) is 97.4 Å². The van der Waals surface area contributed by atoms with Crippen molar-refractivity contribution >= 4 is 182 Å². The third kappa shape index (κ3) is 20.9. The number of nitrogens with two attached hydrogens (primary N) is 1. The number of benzene rings is 7. The van der Waals surface area contributed by atoms with Crippen molar-refractivity contribution in [1.29, 1.82) is 0 Å². The Morgan fingerprint density at radius 3 is 1.48 bits per heavy atom. The molecule has 580 valence electrons. The minimum Gasteiger partial charge on any atom is -1.00 e. The predicted octanol–water partition coefficient (Wildman–Crippen LogP) is 6.62. The Morgan fingerprint density at radius 2 is 1.00 bits per heavy atom. The summed E-state index contributed by atoms with van der Waals surface area (Å²) in [6, 6.07) is 55.5. The average Bonchev–Trinajstić information content (AvgIpc) is 1.59. The molecule has 3 aliphatic heterocycles. The Balaban J connectivity index is 0.000000175. The van der Waals surface area contributed by atoms with Gasteiger partial charge in [-0.25, -0.2) is 29.5 Å². The molecule has 0 unspecified atom stereocenters. The molecule has 0 spiro atoms. The van der Waals surface area contributed by atoms with Crippen molar-refractivity contribution in [3.8, 4) is 0 Å². The number of imide groups is 1. The molecule has 7 aromatic carbocycles. The van der Waals surface area contributed by atoms with E-state index in [1.807, 2.05) is 263 Å². The molecule has 116 heavy (non-hydrogen) atoms. The van der Waals surface area contributed by atoms with Gasteiger partial charge in [-0.15, -0.1) is 0 Å². The zero-order valence-electron chi connectivity index (χ0n) is 66.8. The number of hydrogen-bond acceptors (Lipinski definition) is 16. The molecule has 0 saturated carbocycles. The first-order valence-corrected chi connectivity index (χ1v) is 37.6. The topological polar surface area (TPSA) is 325 Å². The number of allylic oxidation sites excluding steroid dienone is 2. The number of ketones is 2. The minimum absolute atomic E-state index is 0. The summed E-state index contributed by atoms with van der Waals surface area (Å²) < 4.78 is 26.4. The van der Waals surface area contributed by atoms with Crippen LogP contribution in [0.2, 0.25) is 0 Å². The maximum Gasteiger partial charge on any atom is 1.00 e. The number of amides is 4. The number of rotatable bonds is 10. The van der Waals surface area contributed by atoms with Crippen molar-refractivity contribution < 1.29 is 157 Å². The van der Waals surface area contributed by atoms with Crippen LogP contribution in [0.3, 0.4) is 0 Å². The summed E-state index contributed by atoms with van der Waals surface area (Å²) in [5, 5.41) is 13.6. The smallest absolute Gasteiger partial charge is 1.00 e. The molecular formula is C86H82IK2N16O11+. The van der Waals surface area contributed by atoms with Crippen LogP contribution in [0.15, 0.2) is 231 Å². The Labute approximate surface area is 767 Å². The van der Waals surface area contributed by atoms with Gasteiger partial charge in [0.15, 0.2) is 11.5 Å². The molecule has 1 fully saturated rings. The van der Waals surface area contributed by atoms with Gasteiger partial charge in [0.1, 0.15) is 36.2 Å². The fourth-order valence-electron chi connectivity index (χ4n) is 13.1. The Morgan fingerprint density at radius 1 is 0.569 bits per heavy atom. The number of halogens is 1. The van der Waals surface area contributed by atoms with Gasteiger partial charge in [0, 0.05) is 130 Å². The molecule has 8 aromatic heterocycles. The molecule has 11 heterocycles. The first-order chi connectivity index (χ1) is 55.3. The number of primary amides is 1. The first kappa shape index (κ1) is 89.5. The van der Waals surface area contributed by atoms with E-state index in [-0.39, 0.29) is 128 Å². The van der Waals surface area contributed by atoms with Crippen LogP contribution in [0, 0.1) is 6.08 Å². The van der Waals surface area contributed by atoms with Crippen LogP contribution in [-0.4, -0.2) is 134 Å². The fourth-order valence-corrected chi connectivity index (χ4v) is 13.1. The maximum absolute atomic E-state index is 12.9. The van der Waals surface area contributed by atoms with E-state index < -0.39 is 23.4 Å². The fraction of sp³-hybridized carbons (Fsp3) is 0.174. The van der Waals surface area contributed by atoms with E-state index in [0.717, 1.165) is 109 Å². The first-order valence-electron chi connectivity index (χ1n) is 36.1. The van der Waals surface area contributed by atoms with Crippen LogP contribution in [0.1, 0.15) is 67.9 Å². The van der Waals surface area contributed by atoms with Crippen molar-refractivity contribution in [3.05, 3.63) is 260 Å². The van der Waals surface area contributed by atoms with Crippen molar-refractivity contribution in [1.82, 2.24) is 66.8 Å². The maximum atomic E-state index is 12.9. The Bertz CT molecular complexity index is 6150. The summed E-state index contributed by atoms with van der Waals surface area (Å²) in [6.07, 6.45) is 25.3. The number of nitrogens with zero attached hydrogens (tertiary/aromatic N) is 14. The van der Waals surface area contributed by atoms with E-state index in [2.05, 4.69) is 93.1 Å². The summed E-state index contributed by atoms with van der Waals surface area (Å²) in [7, 11) is 9.27. The monoisotopic (exact) mass is 1720 g/mol. The zero-order valence-corrected chi connectivity index (χ0v) is 74.2. The number of aromatic nitrogens is 13. The number of methoxy groups -OCH3 is 1. The summed E-state index contributed by atoms with van der Waals surface area (Å²) in [4.78, 5) is 107. The van der Waals surface area contributed by atoms with Gasteiger partial charge >= 0.3 is 103 Å². The largest absolute Gasteiger partial charge is 1.00 e. The molecular weight excluding hydrogens is 1640 g/mol. The second-order valence-electron chi connectivity index (χ2n) is 25.7. The average molecular weight is 1720 g/mol. The second kappa shape index (κ2) is 43.0. The van der Waals surface area contributed by atoms with Gasteiger partial charge in [0.25, 0.3) is 24.2 Å². The molecule has 4 aliphatic rings. The Kier molecular flexibility index (Phi) is 33.2. The number of aliphatic imine (C=N–C) groups is 1. The molecule has 27 nitrogen and oxygen atoms in total. The molecule has 19 rings (SSSR count). The SMILES string of the molecule is C1CCOC1.CC(=O)C(=O)c1cn(C)c2ccccc12.CCn1cnc2ccccc21.CCn1cnc2ccccc21.COC1=NC(=O)C(c2cn(C)c3ccccc23)=C1n1cnc2ccccc21.Cn1cc(C2=C(n3cnc4c3C=[C+]C=C4)C(=O)NC2=O)c2ccccc21.Cn1cnc2ccccc21.NC(=O)CI.O=CO[O-].[H-].[K+].[K+]. The normalized spacial score (nSPS) is 12.7. The molecule has 3 N–H and O–H groups in total. The number of hydrogen-bond donors (Lipinski definition) is 2. The van der Waals surface area contributed by atoms with E-state index in [0.29, 0.717) is 32.7 Å². The van der Waals surface area contributed by atoms with E-state index in [4.69, 9.17) is 19.5 Å². The molecule has 1 aliphatic carbocycles. The number of Topliss-reactive ketones (excluding diaryl/α,β-unsaturated/α-hetero) is 2. The van der Waals surface area contributed by atoms with E-state index in [1.165, 1.54) is 43.4 Å². The van der Waals surface area contributed by atoms with Gasteiger partial charge in [-0.2, -0.15) is 4.99 Å². The third-order valence-electron chi connectivity index (χ3n) is 18.4. The van der Waals surface area contributed by atoms with Crippen molar-refractivity contribution in [2.24, 2.45) is 38.9 Å². The van der Waals surface area contributed by atoms with Crippen LogP contribution >= 0.6 is 22.6 Å². The van der Waals surface area contributed by atoms with Gasteiger partial charge in [-0.1, -0.05) is 126 Å². The van der Waals surface area contributed by atoms with Crippen LogP contribution in [0.5, 0.6) is 0 Å². The predicted molar refractivity (Wildman–Crippen MR) is 449 cm³/mol. The van der Waals surface area contributed by atoms with Gasteiger partial charge in [0.2, 0.25) is 23.3 Å². The van der Waals surface area contributed by atoms with Crippen LogP contribution < -0.4 is 119 Å². The number of aryl methyl sites for hydroxylation is 6.